The molecular formula is C17H14N4O3S2. The van der Waals surface area contributed by atoms with Crippen molar-refractivity contribution in [1.29, 1.82) is 0 Å². The molecule has 0 atom stereocenters. The van der Waals surface area contributed by atoms with E-state index in [0.29, 0.717) is 10.9 Å². The molecule has 0 radical (unpaired) electrons. The Labute approximate surface area is 157 Å². The summed E-state index contributed by atoms with van der Waals surface area (Å²) in [4.78, 5) is 23.6. The van der Waals surface area contributed by atoms with Gasteiger partial charge in [0.05, 0.1) is 10.7 Å². The number of benzene rings is 2. The second-order valence-corrected chi connectivity index (χ2v) is 7.48. The number of hydrogen-bond donors (Lipinski definition) is 1. The molecule has 0 unspecified atom stereocenters. The Morgan fingerprint density at radius 2 is 2.00 bits per heavy atom. The van der Waals surface area contributed by atoms with Crippen LogP contribution in [0.3, 0.4) is 0 Å². The molecule has 26 heavy (non-hydrogen) atoms. The van der Waals surface area contributed by atoms with E-state index in [0.717, 1.165) is 9.90 Å². The summed E-state index contributed by atoms with van der Waals surface area (Å²) in [6, 6.07) is 13.7. The van der Waals surface area contributed by atoms with Gasteiger partial charge in [-0.05, 0) is 25.1 Å². The van der Waals surface area contributed by atoms with Gasteiger partial charge >= 0.3 is 0 Å². The van der Waals surface area contributed by atoms with Crippen LogP contribution in [0.1, 0.15) is 20.9 Å². The maximum Gasteiger partial charge on any atom is 0.270 e. The Bertz CT molecular complexity index is 941. The fraction of sp³-hybridized carbons (Fsp3) is 0.118. The Morgan fingerprint density at radius 3 is 2.73 bits per heavy atom. The summed E-state index contributed by atoms with van der Waals surface area (Å²) in [5.74, 6) is 0.190. The highest BCUT2D eigenvalue weighted by molar-refractivity contribution is 7.98. The predicted molar refractivity (Wildman–Crippen MR) is 102 cm³/mol. The van der Waals surface area contributed by atoms with Gasteiger partial charge < -0.3 is 0 Å². The van der Waals surface area contributed by atoms with E-state index in [4.69, 9.17) is 0 Å². The molecule has 3 aromatic rings. The normalized spacial score (nSPS) is 10.5. The van der Waals surface area contributed by atoms with Crippen LogP contribution in [0.2, 0.25) is 0 Å². The number of non-ortho nitro benzene ring substituents is 1. The molecule has 0 aliphatic carbocycles. The van der Waals surface area contributed by atoms with Crippen LogP contribution in [0.5, 0.6) is 0 Å². The minimum absolute atomic E-state index is 0.134. The van der Waals surface area contributed by atoms with E-state index in [2.05, 4.69) is 15.5 Å². The fourth-order valence-corrected chi connectivity index (χ4v) is 3.69. The maximum absolute atomic E-state index is 12.2. The standard InChI is InChI=1S/C17H14N4O3S2/c1-11-5-7-14(8-6-11)25-10-15-19-20-17(26-15)18-16(22)12-3-2-4-13(9-12)21(23)24/h2-9H,10H2,1H3,(H,18,20,22). The number of amides is 1. The van der Waals surface area contributed by atoms with Crippen LogP contribution in [0.4, 0.5) is 10.8 Å². The van der Waals surface area contributed by atoms with Gasteiger partial charge in [-0.1, -0.05) is 35.1 Å². The third-order valence-corrected chi connectivity index (χ3v) is 5.43. The molecule has 0 fully saturated rings. The molecular weight excluding hydrogens is 372 g/mol. The number of carbonyl (C=O) groups is 1. The number of nitrogens with one attached hydrogen (secondary N) is 1. The Morgan fingerprint density at radius 1 is 1.23 bits per heavy atom. The van der Waals surface area contributed by atoms with Crippen molar-refractivity contribution >= 4 is 39.8 Å². The quantitative estimate of drug-likeness (QED) is 0.385. The highest BCUT2D eigenvalue weighted by Crippen LogP contribution is 2.26. The summed E-state index contributed by atoms with van der Waals surface area (Å²) >= 11 is 2.92. The predicted octanol–water partition coefficient (Wildman–Crippen LogP) is 4.30. The highest BCUT2D eigenvalue weighted by atomic mass is 32.2. The third-order valence-electron chi connectivity index (χ3n) is 3.39. The van der Waals surface area contributed by atoms with Crippen molar-refractivity contribution < 1.29 is 9.72 Å². The molecule has 0 aliphatic rings. The number of nitro groups is 1. The maximum atomic E-state index is 12.2. The number of nitrogens with zero attached hydrogens (tertiary/aromatic N) is 3. The zero-order chi connectivity index (χ0) is 18.5. The molecule has 1 amide bonds. The summed E-state index contributed by atoms with van der Waals surface area (Å²) in [5.41, 5.74) is 1.27. The summed E-state index contributed by atoms with van der Waals surface area (Å²) < 4.78 is 0. The van der Waals surface area contributed by atoms with Crippen molar-refractivity contribution in [2.45, 2.75) is 17.6 Å². The third kappa shape index (κ3) is 4.64. The van der Waals surface area contributed by atoms with Crippen LogP contribution in [0.15, 0.2) is 53.4 Å². The van der Waals surface area contributed by atoms with Gasteiger partial charge in [-0.3, -0.25) is 20.2 Å². The monoisotopic (exact) mass is 386 g/mol. The minimum Gasteiger partial charge on any atom is -0.296 e. The fourth-order valence-electron chi connectivity index (χ4n) is 2.07. The molecule has 2 aromatic carbocycles. The number of aromatic nitrogens is 2. The molecule has 0 aliphatic heterocycles. The largest absolute Gasteiger partial charge is 0.296 e. The molecule has 3 rings (SSSR count). The lowest BCUT2D eigenvalue weighted by Crippen LogP contribution is -2.11. The molecule has 7 nitrogen and oxygen atoms in total. The zero-order valence-electron chi connectivity index (χ0n) is 13.7. The van der Waals surface area contributed by atoms with E-state index < -0.39 is 10.8 Å². The molecule has 0 saturated carbocycles. The van der Waals surface area contributed by atoms with Crippen LogP contribution in [0.25, 0.3) is 0 Å². The van der Waals surface area contributed by atoms with Crippen molar-refractivity contribution in [2.24, 2.45) is 0 Å². The number of nitro benzene ring substituents is 1. The first-order chi connectivity index (χ1) is 12.5. The van der Waals surface area contributed by atoms with E-state index in [9.17, 15) is 14.9 Å². The first-order valence-corrected chi connectivity index (χ1v) is 9.39. The lowest BCUT2D eigenvalue weighted by molar-refractivity contribution is -0.384. The molecule has 132 valence electrons. The summed E-state index contributed by atoms with van der Waals surface area (Å²) in [7, 11) is 0. The zero-order valence-corrected chi connectivity index (χ0v) is 15.3. The molecule has 0 bridgehead atoms. The van der Waals surface area contributed by atoms with Gasteiger partial charge in [0.2, 0.25) is 5.13 Å². The number of carbonyl (C=O) groups excluding carboxylic acids is 1. The first kappa shape index (κ1) is 18.0. The van der Waals surface area contributed by atoms with Crippen molar-refractivity contribution in [3.63, 3.8) is 0 Å². The Kier molecular flexibility index (Phi) is 5.59. The molecule has 1 heterocycles. The minimum atomic E-state index is -0.540. The number of hydrogen-bond acceptors (Lipinski definition) is 7. The van der Waals surface area contributed by atoms with Gasteiger partial charge in [0.25, 0.3) is 11.6 Å². The lowest BCUT2D eigenvalue weighted by atomic mass is 10.2. The highest BCUT2D eigenvalue weighted by Gasteiger charge is 2.14. The first-order valence-electron chi connectivity index (χ1n) is 7.59. The second kappa shape index (κ2) is 8.07. The van der Waals surface area contributed by atoms with Gasteiger partial charge in [-0.25, -0.2) is 0 Å². The van der Waals surface area contributed by atoms with Crippen LogP contribution >= 0.6 is 23.1 Å². The Hall–Kier alpha value is -2.78. The number of rotatable bonds is 6. The SMILES string of the molecule is Cc1ccc(SCc2nnc(NC(=O)c3cccc([N+](=O)[O-])c3)s2)cc1. The van der Waals surface area contributed by atoms with Gasteiger partial charge in [-0.2, -0.15) is 0 Å². The number of anilines is 1. The van der Waals surface area contributed by atoms with Crippen LogP contribution in [-0.4, -0.2) is 21.0 Å². The summed E-state index contributed by atoms with van der Waals surface area (Å²) in [5, 5.41) is 22.6. The Balaban J connectivity index is 1.61. The van der Waals surface area contributed by atoms with Crippen molar-refractivity contribution in [1.82, 2.24) is 10.2 Å². The molecule has 9 heteroatoms. The van der Waals surface area contributed by atoms with E-state index in [1.165, 1.54) is 41.2 Å². The number of thioether (sulfide) groups is 1. The van der Waals surface area contributed by atoms with Gasteiger partial charge in [0.15, 0.2) is 0 Å². The summed E-state index contributed by atoms with van der Waals surface area (Å²) in [6.07, 6.45) is 0. The van der Waals surface area contributed by atoms with E-state index in [-0.39, 0.29) is 11.3 Å². The smallest absolute Gasteiger partial charge is 0.270 e. The van der Waals surface area contributed by atoms with Crippen LogP contribution in [0, 0.1) is 17.0 Å². The topological polar surface area (TPSA) is 98.0 Å². The van der Waals surface area contributed by atoms with Crippen molar-refractivity contribution in [2.75, 3.05) is 5.32 Å². The molecule has 0 spiro atoms. The van der Waals surface area contributed by atoms with Crippen LogP contribution < -0.4 is 5.32 Å². The van der Waals surface area contributed by atoms with Gasteiger partial charge in [0, 0.05) is 22.6 Å². The lowest BCUT2D eigenvalue weighted by Gasteiger charge is -2.01. The molecule has 0 saturated heterocycles. The average molecular weight is 386 g/mol. The molecule has 1 N–H and O–H groups in total. The van der Waals surface area contributed by atoms with E-state index in [1.807, 2.05) is 31.2 Å². The van der Waals surface area contributed by atoms with Gasteiger partial charge in [0.1, 0.15) is 5.01 Å². The van der Waals surface area contributed by atoms with Crippen LogP contribution in [-0.2, 0) is 5.75 Å². The molecule has 1 aromatic heterocycles. The van der Waals surface area contributed by atoms with E-state index >= 15 is 0 Å². The number of aryl methyl sites for hydroxylation is 1. The van der Waals surface area contributed by atoms with E-state index in [1.54, 1.807) is 11.8 Å². The van der Waals surface area contributed by atoms with Crippen molar-refractivity contribution in [3.8, 4) is 0 Å². The van der Waals surface area contributed by atoms with Gasteiger partial charge in [-0.15, -0.1) is 22.0 Å². The summed E-state index contributed by atoms with van der Waals surface area (Å²) in [6.45, 7) is 2.04. The van der Waals surface area contributed by atoms with Crippen molar-refractivity contribution in [3.05, 3.63) is 74.8 Å². The second-order valence-electron chi connectivity index (χ2n) is 5.36. The average Bonchev–Trinajstić information content (AvgIpc) is 3.08.